The molecule has 8 heteroatoms. The molecule has 152 valence electrons. The second kappa shape index (κ2) is 8.54. The first-order valence-electron chi connectivity index (χ1n) is 9.51. The zero-order valence-corrected chi connectivity index (χ0v) is 17.1. The summed E-state index contributed by atoms with van der Waals surface area (Å²) in [5, 5.41) is 2.46. The lowest BCUT2D eigenvalue weighted by atomic mass is 10.2. The van der Waals surface area contributed by atoms with Gasteiger partial charge < -0.3 is 4.74 Å². The molecule has 0 spiro atoms. The van der Waals surface area contributed by atoms with Crippen molar-refractivity contribution in [3.63, 3.8) is 0 Å². The Bertz CT molecular complexity index is 1220. The van der Waals surface area contributed by atoms with Crippen LogP contribution in [0.3, 0.4) is 0 Å². The van der Waals surface area contributed by atoms with E-state index in [-0.39, 0.29) is 16.7 Å². The maximum atomic E-state index is 12.8. The van der Waals surface area contributed by atoms with E-state index < -0.39 is 0 Å². The molecule has 0 aliphatic carbocycles. The van der Waals surface area contributed by atoms with Crippen molar-refractivity contribution in [2.75, 3.05) is 6.61 Å². The SMILES string of the molecule is CCc1nc2ccccc2c(=O)n1CCOc1ccc(/C=C2\SC(=O)NC2=O)cc1. The summed E-state index contributed by atoms with van der Waals surface area (Å²) in [6, 6.07) is 14.5. The fourth-order valence-electron chi connectivity index (χ4n) is 3.20. The van der Waals surface area contributed by atoms with E-state index >= 15 is 0 Å². The van der Waals surface area contributed by atoms with Gasteiger partial charge in [0.15, 0.2) is 0 Å². The second-order valence-electron chi connectivity index (χ2n) is 6.63. The zero-order valence-electron chi connectivity index (χ0n) is 16.3. The van der Waals surface area contributed by atoms with Crippen LogP contribution in [0.15, 0.2) is 58.2 Å². The summed E-state index contributed by atoms with van der Waals surface area (Å²) in [6.45, 7) is 2.68. The van der Waals surface area contributed by atoms with E-state index in [4.69, 9.17) is 4.74 Å². The molecule has 1 aromatic heterocycles. The number of carbonyl (C=O) groups excluding carboxylic acids is 2. The molecule has 7 nitrogen and oxygen atoms in total. The van der Waals surface area contributed by atoms with E-state index in [1.807, 2.05) is 25.1 Å². The molecule has 1 fully saturated rings. The number of benzene rings is 2. The molecule has 1 saturated heterocycles. The number of imide groups is 1. The Kier molecular flexibility index (Phi) is 5.67. The lowest BCUT2D eigenvalue weighted by Crippen LogP contribution is -2.27. The topological polar surface area (TPSA) is 90.3 Å². The first-order valence-corrected chi connectivity index (χ1v) is 10.3. The van der Waals surface area contributed by atoms with Gasteiger partial charge in [-0.15, -0.1) is 0 Å². The van der Waals surface area contributed by atoms with Crippen LogP contribution in [-0.2, 0) is 17.8 Å². The van der Waals surface area contributed by atoms with Gasteiger partial charge in [0.05, 0.1) is 22.4 Å². The lowest BCUT2D eigenvalue weighted by Gasteiger charge is -2.13. The van der Waals surface area contributed by atoms with Crippen molar-refractivity contribution in [1.29, 1.82) is 0 Å². The molecule has 2 aromatic carbocycles. The van der Waals surface area contributed by atoms with E-state index in [1.165, 1.54) is 0 Å². The highest BCUT2D eigenvalue weighted by atomic mass is 32.2. The average Bonchev–Trinajstić information content (AvgIpc) is 3.07. The molecular weight excluding hydrogens is 402 g/mol. The molecule has 1 aliphatic heterocycles. The van der Waals surface area contributed by atoms with Crippen LogP contribution in [0.25, 0.3) is 17.0 Å². The van der Waals surface area contributed by atoms with Crippen LogP contribution in [0.2, 0.25) is 0 Å². The normalized spacial score (nSPS) is 15.0. The van der Waals surface area contributed by atoms with Crippen molar-refractivity contribution in [1.82, 2.24) is 14.9 Å². The van der Waals surface area contributed by atoms with Crippen molar-refractivity contribution in [3.05, 3.63) is 75.2 Å². The highest BCUT2D eigenvalue weighted by Crippen LogP contribution is 2.26. The second-order valence-corrected chi connectivity index (χ2v) is 7.64. The van der Waals surface area contributed by atoms with E-state index in [9.17, 15) is 14.4 Å². The number of thioether (sulfide) groups is 1. The summed E-state index contributed by atoms with van der Waals surface area (Å²) in [5.41, 5.74) is 1.43. The summed E-state index contributed by atoms with van der Waals surface area (Å²) in [6.07, 6.45) is 2.31. The molecule has 0 atom stereocenters. The predicted octanol–water partition coefficient (Wildman–Crippen LogP) is 3.36. The van der Waals surface area contributed by atoms with Gasteiger partial charge >= 0.3 is 0 Å². The highest BCUT2D eigenvalue weighted by molar-refractivity contribution is 8.18. The minimum atomic E-state index is -0.383. The van der Waals surface area contributed by atoms with E-state index in [1.54, 1.807) is 41.0 Å². The molecular formula is C22H19N3O4S. The van der Waals surface area contributed by atoms with Crippen molar-refractivity contribution >= 4 is 39.9 Å². The molecule has 0 radical (unpaired) electrons. The van der Waals surface area contributed by atoms with Crippen molar-refractivity contribution in [2.24, 2.45) is 0 Å². The quantitative estimate of drug-likeness (QED) is 0.614. The number of ether oxygens (including phenoxy) is 1. The maximum Gasteiger partial charge on any atom is 0.290 e. The fraction of sp³-hybridized carbons (Fsp3) is 0.182. The molecule has 2 heterocycles. The number of aryl methyl sites for hydroxylation is 1. The Morgan fingerprint density at radius 3 is 2.57 bits per heavy atom. The molecule has 2 amide bonds. The molecule has 0 unspecified atom stereocenters. The standard InChI is InChI=1S/C22H19N3O4S/c1-2-19-23-17-6-4-3-5-16(17)21(27)25(19)11-12-29-15-9-7-14(8-10-15)13-18-20(26)24-22(28)30-18/h3-10,13H,2,11-12H2,1H3,(H,24,26,28)/b18-13-. The van der Waals surface area contributed by atoms with Gasteiger partial charge in [0.2, 0.25) is 0 Å². The lowest BCUT2D eigenvalue weighted by molar-refractivity contribution is -0.115. The summed E-state index contributed by atoms with van der Waals surface area (Å²) < 4.78 is 7.45. The molecule has 0 saturated carbocycles. The van der Waals surface area contributed by atoms with Crippen molar-refractivity contribution in [3.8, 4) is 5.75 Å². The number of fused-ring (bicyclic) bond motifs is 1. The Hall–Kier alpha value is -3.39. The van der Waals surface area contributed by atoms with Crippen LogP contribution >= 0.6 is 11.8 Å². The van der Waals surface area contributed by atoms with Crippen LogP contribution in [-0.4, -0.2) is 27.3 Å². The zero-order chi connectivity index (χ0) is 21.1. The number of rotatable bonds is 6. The minimum absolute atomic E-state index is 0.0649. The van der Waals surface area contributed by atoms with Crippen LogP contribution in [0.4, 0.5) is 4.79 Å². The first-order chi connectivity index (χ1) is 14.5. The van der Waals surface area contributed by atoms with Gasteiger partial charge in [-0.25, -0.2) is 4.98 Å². The van der Waals surface area contributed by atoms with E-state index in [2.05, 4.69) is 10.3 Å². The third-order valence-electron chi connectivity index (χ3n) is 4.66. The van der Waals surface area contributed by atoms with Crippen LogP contribution in [0, 0.1) is 0 Å². The number of hydrogen-bond donors (Lipinski definition) is 1. The molecule has 4 rings (SSSR count). The number of aromatic nitrogens is 2. The van der Waals surface area contributed by atoms with Crippen molar-refractivity contribution < 1.29 is 14.3 Å². The average molecular weight is 421 g/mol. The fourth-order valence-corrected chi connectivity index (χ4v) is 3.88. The number of nitrogens with zero attached hydrogens (tertiary/aromatic N) is 2. The van der Waals surface area contributed by atoms with E-state index in [0.717, 1.165) is 23.1 Å². The Morgan fingerprint density at radius 2 is 1.87 bits per heavy atom. The third kappa shape index (κ3) is 4.13. The predicted molar refractivity (Wildman–Crippen MR) is 116 cm³/mol. The van der Waals surface area contributed by atoms with Gasteiger partial charge in [0.25, 0.3) is 16.7 Å². The summed E-state index contributed by atoms with van der Waals surface area (Å²) in [7, 11) is 0. The molecule has 1 N–H and O–H groups in total. The number of carbonyl (C=O) groups is 2. The summed E-state index contributed by atoms with van der Waals surface area (Å²) in [4.78, 5) is 40.6. The van der Waals surface area contributed by atoms with Gasteiger partial charge in [-0.05, 0) is 47.7 Å². The van der Waals surface area contributed by atoms with E-state index in [0.29, 0.717) is 41.1 Å². The third-order valence-corrected chi connectivity index (χ3v) is 5.47. The summed E-state index contributed by atoms with van der Waals surface area (Å²) >= 11 is 0.882. The van der Waals surface area contributed by atoms with Crippen LogP contribution in [0.1, 0.15) is 18.3 Å². The Labute approximate surface area is 176 Å². The largest absolute Gasteiger partial charge is 0.492 e. The molecule has 0 bridgehead atoms. The Morgan fingerprint density at radius 1 is 1.10 bits per heavy atom. The van der Waals surface area contributed by atoms with Gasteiger partial charge in [-0.1, -0.05) is 31.2 Å². The maximum absolute atomic E-state index is 12.8. The Balaban J connectivity index is 1.44. The van der Waals surface area contributed by atoms with Gasteiger partial charge in [0.1, 0.15) is 18.2 Å². The number of para-hydroxylation sites is 1. The van der Waals surface area contributed by atoms with Crippen LogP contribution in [0.5, 0.6) is 5.75 Å². The van der Waals surface area contributed by atoms with Gasteiger partial charge in [0, 0.05) is 6.42 Å². The number of amides is 2. The number of nitrogens with one attached hydrogen (secondary N) is 1. The highest BCUT2D eigenvalue weighted by Gasteiger charge is 2.24. The smallest absolute Gasteiger partial charge is 0.290 e. The molecule has 1 aliphatic rings. The first kappa shape index (κ1) is 19.9. The molecule has 3 aromatic rings. The minimum Gasteiger partial charge on any atom is -0.492 e. The van der Waals surface area contributed by atoms with Crippen molar-refractivity contribution in [2.45, 2.75) is 19.9 Å². The molecule has 30 heavy (non-hydrogen) atoms. The number of hydrogen-bond acceptors (Lipinski definition) is 6. The summed E-state index contributed by atoms with van der Waals surface area (Å²) in [5.74, 6) is 0.995. The van der Waals surface area contributed by atoms with Crippen LogP contribution < -0.4 is 15.6 Å². The van der Waals surface area contributed by atoms with Gasteiger partial charge in [-0.2, -0.15) is 0 Å². The monoisotopic (exact) mass is 421 g/mol. The van der Waals surface area contributed by atoms with Gasteiger partial charge in [-0.3, -0.25) is 24.3 Å².